The molecule has 6 heteroatoms. The lowest BCUT2D eigenvalue weighted by Crippen LogP contribution is -2.12. The number of nitrogens with zero attached hydrogens (tertiary/aromatic N) is 1. The van der Waals surface area contributed by atoms with Gasteiger partial charge in [-0.25, -0.2) is 4.98 Å². The topological polar surface area (TPSA) is 68.0 Å². The van der Waals surface area contributed by atoms with E-state index < -0.39 is 0 Å². The summed E-state index contributed by atoms with van der Waals surface area (Å²) in [5.41, 5.74) is 7.08. The highest BCUT2D eigenvalue weighted by Crippen LogP contribution is 2.21. The summed E-state index contributed by atoms with van der Waals surface area (Å²) in [6.45, 7) is 0. The minimum atomic E-state index is -0.314. The molecule has 0 aliphatic carbocycles. The van der Waals surface area contributed by atoms with Crippen molar-refractivity contribution in [1.29, 1.82) is 0 Å². The van der Waals surface area contributed by atoms with E-state index in [9.17, 15) is 4.79 Å². The van der Waals surface area contributed by atoms with Gasteiger partial charge in [0.05, 0.1) is 10.6 Å². The molecule has 3 N–H and O–H groups in total. The predicted octanol–water partition coefficient (Wildman–Crippen LogP) is 3.33. The SMILES string of the molecule is Nc1ccc(Cl)c(C(=O)Nc2ccnc(Br)c2)c1. The van der Waals surface area contributed by atoms with E-state index >= 15 is 0 Å². The van der Waals surface area contributed by atoms with Crippen LogP contribution >= 0.6 is 27.5 Å². The van der Waals surface area contributed by atoms with Crippen LogP contribution in [0.5, 0.6) is 0 Å². The van der Waals surface area contributed by atoms with E-state index in [2.05, 4.69) is 26.2 Å². The zero-order valence-corrected chi connectivity index (χ0v) is 11.5. The summed E-state index contributed by atoms with van der Waals surface area (Å²) in [6.07, 6.45) is 1.58. The van der Waals surface area contributed by atoms with Crippen molar-refractivity contribution >= 4 is 44.8 Å². The number of carbonyl (C=O) groups excluding carboxylic acids is 1. The van der Waals surface area contributed by atoms with Gasteiger partial charge >= 0.3 is 0 Å². The Bertz CT molecular complexity index is 604. The molecule has 0 saturated carbocycles. The largest absolute Gasteiger partial charge is 0.399 e. The highest BCUT2D eigenvalue weighted by atomic mass is 79.9. The molecule has 0 fully saturated rings. The molecule has 0 bridgehead atoms. The van der Waals surface area contributed by atoms with Crippen molar-refractivity contribution in [1.82, 2.24) is 4.98 Å². The Morgan fingerprint density at radius 3 is 2.83 bits per heavy atom. The molecule has 0 spiro atoms. The Morgan fingerprint density at radius 2 is 2.11 bits per heavy atom. The Kier molecular flexibility index (Phi) is 3.84. The highest BCUT2D eigenvalue weighted by molar-refractivity contribution is 9.10. The second-order valence-corrected chi connectivity index (χ2v) is 4.78. The smallest absolute Gasteiger partial charge is 0.257 e. The van der Waals surface area contributed by atoms with Crippen LogP contribution in [0.4, 0.5) is 11.4 Å². The van der Waals surface area contributed by atoms with Crippen LogP contribution in [0, 0.1) is 0 Å². The molecule has 18 heavy (non-hydrogen) atoms. The summed E-state index contributed by atoms with van der Waals surface area (Å²) in [7, 11) is 0. The Labute approximate surface area is 117 Å². The predicted molar refractivity (Wildman–Crippen MR) is 75.8 cm³/mol. The Hall–Kier alpha value is -1.59. The number of benzene rings is 1. The Balaban J connectivity index is 2.24. The summed E-state index contributed by atoms with van der Waals surface area (Å²) in [5.74, 6) is -0.314. The fourth-order valence-corrected chi connectivity index (χ4v) is 1.96. The minimum absolute atomic E-state index is 0.314. The standard InChI is InChI=1S/C12H9BrClN3O/c13-11-6-8(3-4-16-11)17-12(18)9-5-7(15)1-2-10(9)14/h1-6H,15H2,(H,16,17,18). The van der Waals surface area contributed by atoms with E-state index in [0.717, 1.165) is 0 Å². The number of amides is 1. The lowest BCUT2D eigenvalue weighted by atomic mass is 10.2. The first-order chi connectivity index (χ1) is 8.56. The second kappa shape index (κ2) is 5.37. The number of rotatable bonds is 2. The summed E-state index contributed by atoms with van der Waals surface area (Å²) in [5, 5.41) is 3.07. The van der Waals surface area contributed by atoms with Crippen molar-refractivity contribution in [2.45, 2.75) is 0 Å². The van der Waals surface area contributed by atoms with Crippen molar-refractivity contribution in [3.63, 3.8) is 0 Å². The van der Waals surface area contributed by atoms with Crippen LogP contribution in [-0.2, 0) is 0 Å². The van der Waals surface area contributed by atoms with Crippen LogP contribution in [0.25, 0.3) is 0 Å². The molecule has 1 aromatic heterocycles. The van der Waals surface area contributed by atoms with Crippen molar-refractivity contribution < 1.29 is 4.79 Å². The molecule has 0 aliphatic heterocycles. The maximum absolute atomic E-state index is 12.0. The molecule has 0 saturated heterocycles. The van der Waals surface area contributed by atoms with Gasteiger partial charge in [0.1, 0.15) is 4.60 Å². The van der Waals surface area contributed by atoms with Crippen LogP contribution in [0.15, 0.2) is 41.1 Å². The fourth-order valence-electron chi connectivity index (χ4n) is 1.40. The molecule has 2 rings (SSSR count). The van der Waals surface area contributed by atoms with Gasteiger partial charge in [0, 0.05) is 17.6 Å². The Morgan fingerprint density at radius 1 is 1.33 bits per heavy atom. The number of nitrogen functional groups attached to an aromatic ring is 1. The number of nitrogens with two attached hydrogens (primary N) is 1. The maximum Gasteiger partial charge on any atom is 0.257 e. The molecule has 1 aromatic carbocycles. The first kappa shape index (κ1) is 12.9. The van der Waals surface area contributed by atoms with E-state index in [0.29, 0.717) is 26.6 Å². The van der Waals surface area contributed by atoms with Crippen LogP contribution in [0.3, 0.4) is 0 Å². The van der Waals surface area contributed by atoms with Gasteiger partial charge in [0.25, 0.3) is 5.91 Å². The van der Waals surface area contributed by atoms with Gasteiger partial charge < -0.3 is 11.1 Å². The summed E-state index contributed by atoms with van der Waals surface area (Å²) >= 11 is 9.18. The normalized spacial score (nSPS) is 10.1. The highest BCUT2D eigenvalue weighted by Gasteiger charge is 2.11. The van der Waals surface area contributed by atoms with Gasteiger partial charge in [0.2, 0.25) is 0 Å². The number of nitrogens with one attached hydrogen (secondary N) is 1. The molecule has 0 atom stereocenters. The zero-order chi connectivity index (χ0) is 13.1. The number of halogens is 2. The van der Waals surface area contributed by atoms with Crippen LogP contribution in [0.1, 0.15) is 10.4 Å². The van der Waals surface area contributed by atoms with E-state index in [-0.39, 0.29) is 5.91 Å². The lowest BCUT2D eigenvalue weighted by molar-refractivity contribution is 0.102. The third-order valence-corrected chi connectivity index (χ3v) is 2.98. The first-order valence-electron chi connectivity index (χ1n) is 5.04. The van der Waals surface area contributed by atoms with Crippen LogP contribution < -0.4 is 11.1 Å². The van der Waals surface area contributed by atoms with E-state index in [1.807, 2.05) is 0 Å². The molecular weight excluding hydrogens is 318 g/mol. The molecule has 4 nitrogen and oxygen atoms in total. The summed E-state index contributed by atoms with van der Waals surface area (Å²) in [6, 6.07) is 8.14. The molecule has 0 unspecified atom stereocenters. The monoisotopic (exact) mass is 325 g/mol. The molecule has 92 valence electrons. The van der Waals surface area contributed by atoms with Crippen molar-refractivity contribution in [3.8, 4) is 0 Å². The number of aromatic nitrogens is 1. The minimum Gasteiger partial charge on any atom is -0.399 e. The second-order valence-electron chi connectivity index (χ2n) is 3.56. The van der Waals surface area contributed by atoms with Gasteiger partial charge in [-0.2, -0.15) is 0 Å². The zero-order valence-electron chi connectivity index (χ0n) is 9.15. The quantitative estimate of drug-likeness (QED) is 0.657. The summed E-state index contributed by atoms with van der Waals surface area (Å²) in [4.78, 5) is 16.0. The molecule has 1 heterocycles. The third-order valence-electron chi connectivity index (χ3n) is 2.22. The van der Waals surface area contributed by atoms with Crippen LogP contribution in [0.2, 0.25) is 5.02 Å². The van der Waals surface area contributed by atoms with E-state index in [1.165, 1.54) is 6.07 Å². The number of pyridine rings is 1. The van der Waals surface area contributed by atoms with Crippen molar-refractivity contribution in [3.05, 3.63) is 51.7 Å². The lowest BCUT2D eigenvalue weighted by Gasteiger charge is -2.07. The summed E-state index contributed by atoms with van der Waals surface area (Å²) < 4.78 is 0.638. The van der Waals surface area contributed by atoms with Crippen molar-refractivity contribution in [2.24, 2.45) is 0 Å². The number of carbonyl (C=O) groups is 1. The van der Waals surface area contributed by atoms with Gasteiger partial charge in [-0.3, -0.25) is 4.79 Å². The molecule has 0 radical (unpaired) electrons. The molecule has 0 aliphatic rings. The fraction of sp³-hybridized carbons (Fsp3) is 0. The number of hydrogen-bond acceptors (Lipinski definition) is 3. The van der Waals surface area contributed by atoms with Crippen molar-refractivity contribution in [2.75, 3.05) is 11.1 Å². The first-order valence-corrected chi connectivity index (χ1v) is 6.21. The maximum atomic E-state index is 12.0. The number of anilines is 2. The van der Waals surface area contributed by atoms with Gasteiger partial charge in [-0.1, -0.05) is 11.6 Å². The van der Waals surface area contributed by atoms with Crippen LogP contribution in [-0.4, -0.2) is 10.9 Å². The van der Waals surface area contributed by atoms with Gasteiger partial charge in [-0.05, 0) is 46.3 Å². The molecule has 2 aromatic rings. The molecular formula is C12H9BrClN3O. The number of hydrogen-bond donors (Lipinski definition) is 2. The average Bonchev–Trinajstić information content (AvgIpc) is 2.32. The third kappa shape index (κ3) is 3.00. The van der Waals surface area contributed by atoms with Gasteiger partial charge in [0.15, 0.2) is 0 Å². The van der Waals surface area contributed by atoms with E-state index in [1.54, 1.807) is 30.5 Å². The average molecular weight is 327 g/mol. The van der Waals surface area contributed by atoms with Gasteiger partial charge in [-0.15, -0.1) is 0 Å². The van der Waals surface area contributed by atoms with E-state index in [4.69, 9.17) is 17.3 Å². The molecule has 1 amide bonds.